The smallest absolute Gasteiger partial charge is 0.352 e. The Hall–Kier alpha value is -1.29. The minimum absolute atomic E-state index is 0.287. The van der Waals surface area contributed by atoms with Gasteiger partial charge in [0.05, 0.1) is 12.1 Å². The van der Waals surface area contributed by atoms with E-state index in [1.165, 1.54) is 0 Å². The predicted molar refractivity (Wildman–Crippen MR) is 52.5 cm³/mol. The van der Waals surface area contributed by atoms with Gasteiger partial charge in [0.2, 0.25) is 0 Å². The topological polar surface area (TPSA) is 51.5 Å². The summed E-state index contributed by atoms with van der Waals surface area (Å²) in [4.78, 5) is 10.8. The van der Waals surface area contributed by atoms with Crippen molar-refractivity contribution in [2.45, 2.75) is 26.0 Å². The van der Waals surface area contributed by atoms with Crippen LogP contribution in [0.3, 0.4) is 0 Å². The summed E-state index contributed by atoms with van der Waals surface area (Å²) in [7, 11) is 1.62. The average Bonchev–Trinajstić information content (AvgIpc) is 2.51. The van der Waals surface area contributed by atoms with Crippen LogP contribution >= 0.6 is 0 Å². The van der Waals surface area contributed by atoms with Crippen LogP contribution in [0.5, 0.6) is 0 Å². The van der Waals surface area contributed by atoms with Gasteiger partial charge < -0.3 is 14.4 Å². The highest BCUT2D eigenvalue weighted by atomic mass is 16.5. The van der Waals surface area contributed by atoms with E-state index in [4.69, 9.17) is 9.84 Å². The Morgan fingerprint density at radius 1 is 1.64 bits per heavy atom. The highest BCUT2D eigenvalue weighted by Crippen LogP contribution is 2.13. The van der Waals surface area contributed by atoms with Crippen molar-refractivity contribution >= 4 is 5.97 Å². The predicted octanol–water partition coefficient (Wildman–Crippen LogP) is 1.61. The summed E-state index contributed by atoms with van der Waals surface area (Å²) >= 11 is 0. The van der Waals surface area contributed by atoms with Crippen LogP contribution in [0.25, 0.3) is 0 Å². The van der Waals surface area contributed by atoms with E-state index < -0.39 is 5.97 Å². The van der Waals surface area contributed by atoms with E-state index in [-0.39, 0.29) is 11.3 Å². The Balaban J connectivity index is 2.86. The van der Waals surface area contributed by atoms with Gasteiger partial charge in [0, 0.05) is 13.3 Å². The fourth-order valence-electron chi connectivity index (χ4n) is 1.22. The lowest BCUT2D eigenvalue weighted by Gasteiger charge is -2.24. The Kier molecular flexibility index (Phi) is 2.96. The first-order valence-corrected chi connectivity index (χ1v) is 4.40. The second-order valence-electron chi connectivity index (χ2n) is 3.79. The van der Waals surface area contributed by atoms with Crippen molar-refractivity contribution in [3.63, 3.8) is 0 Å². The third kappa shape index (κ3) is 2.35. The van der Waals surface area contributed by atoms with Gasteiger partial charge in [-0.2, -0.15) is 0 Å². The molecule has 1 aromatic heterocycles. The van der Waals surface area contributed by atoms with Crippen LogP contribution in [0.2, 0.25) is 0 Å². The molecule has 0 spiro atoms. The summed E-state index contributed by atoms with van der Waals surface area (Å²) in [5.74, 6) is -0.915. The van der Waals surface area contributed by atoms with Crippen molar-refractivity contribution in [2.24, 2.45) is 0 Å². The van der Waals surface area contributed by atoms with E-state index in [0.29, 0.717) is 6.54 Å². The van der Waals surface area contributed by atoms with Crippen LogP contribution in [0.15, 0.2) is 18.3 Å². The molecular weight excluding hydrogens is 182 g/mol. The van der Waals surface area contributed by atoms with Crippen LogP contribution in [-0.4, -0.2) is 28.4 Å². The lowest BCUT2D eigenvalue weighted by atomic mass is 10.1. The number of carbonyl (C=O) groups is 1. The molecule has 1 rings (SSSR count). The number of rotatable bonds is 4. The summed E-state index contributed by atoms with van der Waals surface area (Å²) in [6.07, 6.45) is 1.74. The van der Waals surface area contributed by atoms with Crippen molar-refractivity contribution in [2.75, 3.05) is 7.11 Å². The van der Waals surface area contributed by atoms with Gasteiger partial charge in [-0.05, 0) is 26.0 Å². The first kappa shape index (κ1) is 10.8. The summed E-state index contributed by atoms with van der Waals surface area (Å²) in [5, 5.41) is 8.86. The first-order valence-electron chi connectivity index (χ1n) is 4.40. The van der Waals surface area contributed by atoms with E-state index in [9.17, 15) is 4.79 Å². The molecule has 0 aliphatic heterocycles. The summed E-state index contributed by atoms with van der Waals surface area (Å²) in [5.41, 5.74) is -0.0708. The molecular formula is C10H15NO3. The third-order valence-corrected chi connectivity index (χ3v) is 2.15. The lowest BCUT2D eigenvalue weighted by molar-refractivity contribution is 0.00742. The van der Waals surface area contributed by atoms with Crippen molar-refractivity contribution in [3.05, 3.63) is 24.0 Å². The molecule has 1 N–H and O–H groups in total. The van der Waals surface area contributed by atoms with E-state index >= 15 is 0 Å². The number of nitrogens with zero attached hydrogens (tertiary/aromatic N) is 1. The van der Waals surface area contributed by atoms with Gasteiger partial charge in [0.25, 0.3) is 0 Å². The zero-order valence-corrected chi connectivity index (χ0v) is 8.65. The molecule has 0 bridgehead atoms. The zero-order valence-electron chi connectivity index (χ0n) is 8.65. The molecule has 0 atom stereocenters. The molecule has 0 amide bonds. The van der Waals surface area contributed by atoms with Crippen LogP contribution < -0.4 is 0 Å². The highest BCUT2D eigenvalue weighted by Gasteiger charge is 2.19. The van der Waals surface area contributed by atoms with Crippen LogP contribution in [0.4, 0.5) is 0 Å². The summed E-state index contributed by atoms with van der Waals surface area (Å²) < 4.78 is 6.90. The third-order valence-electron chi connectivity index (χ3n) is 2.15. The second kappa shape index (κ2) is 3.84. The van der Waals surface area contributed by atoms with E-state index in [2.05, 4.69) is 0 Å². The highest BCUT2D eigenvalue weighted by molar-refractivity contribution is 5.85. The molecule has 0 unspecified atom stereocenters. The van der Waals surface area contributed by atoms with Gasteiger partial charge in [0.1, 0.15) is 5.69 Å². The zero-order chi connectivity index (χ0) is 10.8. The average molecular weight is 197 g/mol. The van der Waals surface area contributed by atoms with Crippen LogP contribution in [0.1, 0.15) is 24.3 Å². The van der Waals surface area contributed by atoms with Crippen molar-refractivity contribution in [3.8, 4) is 0 Å². The molecule has 78 valence electrons. The van der Waals surface area contributed by atoms with Crippen molar-refractivity contribution in [1.29, 1.82) is 0 Å². The second-order valence-corrected chi connectivity index (χ2v) is 3.79. The number of hydrogen-bond donors (Lipinski definition) is 1. The number of hydrogen-bond acceptors (Lipinski definition) is 2. The number of methoxy groups -OCH3 is 1. The molecule has 0 aliphatic carbocycles. The van der Waals surface area contributed by atoms with Gasteiger partial charge in [-0.15, -0.1) is 0 Å². The van der Waals surface area contributed by atoms with Crippen molar-refractivity contribution in [1.82, 2.24) is 4.57 Å². The van der Waals surface area contributed by atoms with Gasteiger partial charge in [0.15, 0.2) is 0 Å². The van der Waals surface area contributed by atoms with Gasteiger partial charge >= 0.3 is 5.97 Å². The standard InChI is InChI=1S/C10H15NO3/c1-10(2,14-3)7-11-6-4-5-8(11)9(12)13/h4-6H,7H2,1-3H3,(H,12,13). The molecule has 1 aromatic rings. The number of ether oxygens (including phenoxy) is 1. The lowest BCUT2D eigenvalue weighted by Crippen LogP contribution is -2.30. The Morgan fingerprint density at radius 3 is 2.79 bits per heavy atom. The molecule has 14 heavy (non-hydrogen) atoms. The monoisotopic (exact) mass is 197 g/mol. The molecule has 0 radical (unpaired) electrons. The maximum atomic E-state index is 10.8. The molecule has 0 aliphatic rings. The van der Waals surface area contributed by atoms with Gasteiger partial charge in [-0.3, -0.25) is 0 Å². The Bertz CT molecular complexity index is 328. The van der Waals surface area contributed by atoms with E-state index in [1.54, 1.807) is 30.0 Å². The number of aromatic carboxylic acids is 1. The largest absolute Gasteiger partial charge is 0.477 e. The van der Waals surface area contributed by atoms with Crippen LogP contribution in [-0.2, 0) is 11.3 Å². The molecule has 0 aromatic carbocycles. The summed E-state index contributed by atoms with van der Waals surface area (Å²) in [6, 6.07) is 3.29. The Morgan fingerprint density at radius 2 is 2.29 bits per heavy atom. The van der Waals surface area contributed by atoms with E-state index in [0.717, 1.165) is 0 Å². The Labute approximate surface area is 83.1 Å². The molecule has 0 fully saturated rings. The van der Waals surface area contributed by atoms with Gasteiger partial charge in [-0.1, -0.05) is 0 Å². The normalized spacial score (nSPS) is 11.6. The van der Waals surface area contributed by atoms with E-state index in [1.807, 2.05) is 13.8 Å². The SMILES string of the molecule is COC(C)(C)Cn1cccc1C(=O)O. The van der Waals surface area contributed by atoms with Crippen LogP contribution in [0, 0.1) is 0 Å². The number of carboxylic acid groups (broad SMARTS) is 1. The molecule has 4 heteroatoms. The fraction of sp³-hybridized carbons (Fsp3) is 0.500. The maximum Gasteiger partial charge on any atom is 0.352 e. The van der Waals surface area contributed by atoms with Crippen molar-refractivity contribution < 1.29 is 14.6 Å². The quantitative estimate of drug-likeness (QED) is 0.797. The molecule has 0 saturated carbocycles. The summed E-state index contributed by atoms with van der Waals surface area (Å²) in [6.45, 7) is 4.36. The number of aromatic nitrogens is 1. The minimum Gasteiger partial charge on any atom is -0.477 e. The molecule has 4 nitrogen and oxygen atoms in total. The maximum absolute atomic E-state index is 10.8. The number of carboxylic acids is 1. The fourth-order valence-corrected chi connectivity index (χ4v) is 1.22. The van der Waals surface area contributed by atoms with Gasteiger partial charge in [-0.25, -0.2) is 4.79 Å². The minimum atomic E-state index is -0.915. The first-order chi connectivity index (χ1) is 6.46. The molecule has 0 saturated heterocycles. The molecule has 1 heterocycles.